The smallest absolute Gasteiger partial charge is 0.237 e. The van der Waals surface area contributed by atoms with Crippen LogP contribution in [0.3, 0.4) is 0 Å². The van der Waals surface area contributed by atoms with E-state index < -0.39 is 0 Å². The van der Waals surface area contributed by atoms with Crippen LogP contribution < -0.4 is 10.6 Å². The van der Waals surface area contributed by atoms with E-state index >= 15 is 0 Å². The first kappa shape index (κ1) is 17.0. The normalized spacial score (nSPS) is 18.1. The monoisotopic (exact) mass is 298 g/mol. The maximum atomic E-state index is 12.0. The Labute approximate surface area is 126 Å². The number of carbonyl (C=O) groups excluding carboxylic acids is 1. The maximum Gasteiger partial charge on any atom is 0.237 e. The Hall–Kier alpha value is -1.10. The molecule has 5 heteroatoms. The van der Waals surface area contributed by atoms with Gasteiger partial charge in [-0.1, -0.05) is 30.7 Å². The highest BCUT2D eigenvalue weighted by Gasteiger charge is 2.19. The molecule has 0 spiro atoms. The lowest BCUT2D eigenvalue weighted by molar-refractivity contribution is -0.123. The van der Waals surface area contributed by atoms with Crippen LogP contribution in [0.4, 0.5) is 0 Å². The zero-order valence-electron chi connectivity index (χ0n) is 11.9. The Bertz CT molecular complexity index is 420. The maximum absolute atomic E-state index is 12.0. The van der Waals surface area contributed by atoms with Gasteiger partial charge in [0.15, 0.2) is 0 Å². The molecular weight excluding hydrogens is 276 g/mol. The number of hydrogen-bond acceptors (Lipinski definition) is 3. The van der Waals surface area contributed by atoms with Crippen LogP contribution >= 0.6 is 12.4 Å². The van der Waals surface area contributed by atoms with E-state index in [0.29, 0.717) is 13.2 Å². The molecule has 1 aromatic carbocycles. The van der Waals surface area contributed by atoms with Gasteiger partial charge in [-0.05, 0) is 30.5 Å². The quantitative estimate of drug-likeness (QED) is 0.874. The van der Waals surface area contributed by atoms with Crippen molar-refractivity contribution in [1.29, 1.82) is 0 Å². The number of amides is 1. The first-order valence-corrected chi connectivity index (χ1v) is 6.87. The van der Waals surface area contributed by atoms with Gasteiger partial charge in [-0.15, -0.1) is 12.4 Å². The third kappa shape index (κ3) is 5.12. The Kier molecular flexibility index (Phi) is 7.59. The lowest BCUT2D eigenvalue weighted by Crippen LogP contribution is -2.46. The fourth-order valence-corrected chi connectivity index (χ4v) is 2.38. The largest absolute Gasteiger partial charge is 0.380 e. The standard InChI is InChI=1S/C15H22N2O2.ClH/c1-19-11-13-6-4-5-12(9-13)10-17-15(18)14-7-2-3-8-16-14;/h4-6,9,14,16H,2-3,7-8,10-11H2,1H3,(H,17,18);1H/t14-;/m0./s1. The fraction of sp³-hybridized carbons (Fsp3) is 0.533. The number of ether oxygens (including phenoxy) is 1. The van der Waals surface area contributed by atoms with Crippen molar-refractivity contribution < 1.29 is 9.53 Å². The van der Waals surface area contributed by atoms with Crippen LogP contribution in [0.25, 0.3) is 0 Å². The highest BCUT2D eigenvalue weighted by molar-refractivity contribution is 5.85. The molecule has 112 valence electrons. The summed E-state index contributed by atoms with van der Waals surface area (Å²) < 4.78 is 5.11. The van der Waals surface area contributed by atoms with Crippen LogP contribution in [0.5, 0.6) is 0 Å². The van der Waals surface area contributed by atoms with E-state index in [-0.39, 0.29) is 24.4 Å². The van der Waals surface area contributed by atoms with Crippen molar-refractivity contribution in [3.8, 4) is 0 Å². The molecule has 0 saturated carbocycles. The molecule has 0 unspecified atom stereocenters. The molecule has 2 rings (SSSR count). The summed E-state index contributed by atoms with van der Waals surface area (Å²) >= 11 is 0. The number of hydrogen-bond donors (Lipinski definition) is 2. The Morgan fingerprint density at radius 1 is 1.40 bits per heavy atom. The van der Waals surface area contributed by atoms with Gasteiger partial charge in [0, 0.05) is 13.7 Å². The third-order valence-corrected chi connectivity index (χ3v) is 3.40. The van der Waals surface area contributed by atoms with E-state index in [1.807, 2.05) is 18.2 Å². The second-order valence-corrected chi connectivity index (χ2v) is 4.97. The molecule has 0 aliphatic carbocycles. The summed E-state index contributed by atoms with van der Waals surface area (Å²) in [5.41, 5.74) is 2.24. The second-order valence-electron chi connectivity index (χ2n) is 4.97. The van der Waals surface area contributed by atoms with Crippen molar-refractivity contribution >= 4 is 18.3 Å². The van der Waals surface area contributed by atoms with E-state index in [2.05, 4.69) is 16.7 Å². The minimum atomic E-state index is -0.0177. The Balaban J connectivity index is 0.00000200. The Morgan fingerprint density at radius 3 is 2.90 bits per heavy atom. The first-order valence-electron chi connectivity index (χ1n) is 6.87. The molecule has 20 heavy (non-hydrogen) atoms. The van der Waals surface area contributed by atoms with E-state index in [1.54, 1.807) is 7.11 Å². The van der Waals surface area contributed by atoms with Crippen molar-refractivity contribution in [3.63, 3.8) is 0 Å². The topological polar surface area (TPSA) is 50.4 Å². The zero-order chi connectivity index (χ0) is 13.5. The Morgan fingerprint density at radius 2 is 2.20 bits per heavy atom. The van der Waals surface area contributed by atoms with Crippen LogP contribution in [-0.2, 0) is 22.7 Å². The second kappa shape index (κ2) is 8.95. The molecule has 0 radical (unpaired) electrons. The average Bonchev–Trinajstić information content (AvgIpc) is 2.46. The number of halogens is 1. The highest BCUT2D eigenvalue weighted by Crippen LogP contribution is 2.09. The van der Waals surface area contributed by atoms with E-state index in [9.17, 15) is 4.79 Å². The molecular formula is C15H23ClN2O2. The molecule has 1 aliphatic rings. The third-order valence-electron chi connectivity index (χ3n) is 3.40. The van der Waals surface area contributed by atoms with Gasteiger partial charge in [0.2, 0.25) is 5.91 Å². The van der Waals surface area contributed by atoms with Crippen LogP contribution in [0.15, 0.2) is 24.3 Å². The fourth-order valence-electron chi connectivity index (χ4n) is 2.38. The summed E-state index contributed by atoms with van der Waals surface area (Å²) in [4.78, 5) is 12.0. The number of methoxy groups -OCH3 is 1. The highest BCUT2D eigenvalue weighted by atomic mass is 35.5. The number of rotatable bonds is 5. The summed E-state index contributed by atoms with van der Waals surface area (Å²) in [5, 5.41) is 6.25. The summed E-state index contributed by atoms with van der Waals surface area (Å²) in [6, 6.07) is 8.09. The van der Waals surface area contributed by atoms with Gasteiger partial charge in [0.05, 0.1) is 12.6 Å². The van der Waals surface area contributed by atoms with Crippen LogP contribution in [-0.4, -0.2) is 25.6 Å². The molecule has 1 heterocycles. The minimum absolute atomic E-state index is 0. The molecule has 1 aromatic rings. The van der Waals surface area contributed by atoms with Gasteiger partial charge in [-0.2, -0.15) is 0 Å². The van der Waals surface area contributed by atoms with E-state index in [1.165, 1.54) is 6.42 Å². The van der Waals surface area contributed by atoms with Crippen molar-refractivity contribution in [2.75, 3.05) is 13.7 Å². The van der Waals surface area contributed by atoms with Gasteiger partial charge in [-0.25, -0.2) is 0 Å². The predicted octanol–water partition coefficient (Wildman–Crippen LogP) is 2.01. The number of nitrogens with one attached hydrogen (secondary N) is 2. The first-order chi connectivity index (χ1) is 9.29. The van der Waals surface area contributed by atoms with Crippen molar-refractivity contribution in [1.82, 2.24) is 10.6 Å². The molecule has 4 nitrogen and oxygen atoms in total. The summed E-state index contributed by atoms with van der Waals surface area (Å²) in [6.45, 7) is 2.13. The number of piperidine rings is 1. The van der Waals surface area contributed by atoms with Gasteiger partial charge < -0.3 is 15.4 Å². The lowest BCUT2D eigenvalue weighted by Gasteiger charge is -2.22. The molecule has 0 aromatic heterocycles. The van der Waals surface area contributed by atoms with Crippen LogP contribution in [0.1, 0.15) is 30.4 Å². The van der Waals surface area contributed by atoms with Gasteiger partial charge in [0.1, 0.15) is 0 Å². The van der Waals surface area contributed by atoms with Crippen molar-refractivity contribution in [2.45, 2.75) is 38.5 Å². The number of carbonyl (C=O) groups is 1. The van der Waals surface area contributed by atoms with Crippen molar-refractivity contribution in [3.05, 3.63) is 35.4 Å². The molecule has 0 bridgehead atoms. The summed E-state index contributed by atoms with van der Waals surface area (Å²) in [7, 11) is 1.68. The molecule has 2 N–H and O–H groups in total. The molecule has 1 aliphatic heterocycles. The summed E-state index contributed by atoms with van der Waals surface area (Å²) in [5.74, 6) is 0.108. The van der Waals surface area contributed by atoms with Gasteiger partial charge >= 0.3 is 0 Å². The van der Waals surface area contributed by atoms with E-state index in [4.69, 9.17) is 4.74 Å². The SMILES string of the molecule is COCc1cccc(CNC(=O)[C@@H]2CCCCN2)c1.Cl. The van der Waals surface area contributed by atoms with Crippen molar-refractivity contribution in [2.24, 2.45) is 0 Å². The molecule has 1 saturated heterocycles. The summed E-state index contributed by atoms with van der Waals surface area (Å²) in [6.07, 6.45) is 3.24. The average molecular weight is 299 g/mol. The van der Waals surface area contributed by atoms with Crippen LogP contribution in [0.2, 0.25) is 0 Å². The molecule has 1 fully saturated rings. The predicted molar refractivity (Wildman–Crippen MR) is 81.9 cm³/mol. The molecule has 1 atom stereocenters. The van der Waals surface area contributed by atoms with E-state index in [0.717, 1.165) is 30.5 Å². The minimum Gasteiger partial charge on any atom is -0.380 e. The van der Waals surface area contributed by atoms with Crippen LogP contribution in [0, 0.1) is 0 Å². The number of benzene rings is 1. The van der Waals surface area contributed by atoms with Gasteiger partial charge in [0.25, 0.3) is 0 Å². The lowest BCUT2D eigenvalue weighted by atomic mass is 10.0. The zero-order valence-corrected chi connectivity index (χ0v) is 12.7. The van der Waals surface area contributed by atoms with Gasteiger partial charge in [-0.3, -0.25) is 4.79 Å². The molecule has 1 amide bonds.